The topological polar surface area (TPSA) is 77.8 Å². The molecular formula is C19H12Cl2N4O. The molecule has 26 heavy (non-hydrogen) atoms. The van der Waals surface area contributed by atoms with Crippen LogP contribution in [-0.2, 0) is 0 Å². The molecule has 0 aliphatic carbocycles. The molecule has 0 fully saturated rings. The number of amides is 1. The van der Waals surface area contributed by atoms with Crippen molar-refractivity contribution in [2.45, 2.75) is 0 Å². The Bertz CT molecular complexity index is 977. The summed E-state index contributed by atoms with van der Waals surface area (Å²) in [5.74, 6) is -0.372. The monoisotopic (exact) mass is 382 g/mol. The lowest BCUT2D eigenvalue weighted by atomic mass is 10.2. The van der Waals surface area contributed by atoms with Crippen LogP contribution in [0.1, 0.15) is 16.1 Å². The average Bonchev–Trinajstić information content (AvgIpc) is 2.66. The number of carbonyl (C=O) groups is 1. The molecule has 0 saturated carbocycles. The van der Waals surface area contributed by atoms with Crippen LogP contribution < -0.4 is 10.6 Å². The van der Waals surface area contributed by atoms with Crippen LogP contribution in [0.5, 0.6) is 0 Å². The van der Waals surface area contributed by atoms with Gasteiger partial charge in [0.15, 0.2) is 0 Å². The third kappa shape index (κ3) is 4.12. The number of halogens is 2. The molecule has 5 nitrogen and oxygen atoms in total. The maximum atomic E-state index is 12.4. The van der Waals surface area contributed by atoms with E-state index in [1.54, 1.807) is 54.6 Å². The Kier molecular flexibility index (Phi) is 5.37. The number of rotatable bonds is 4. The van der Waals surface area contributed by atoms with Crippen molar-refractivity contribution in [1.82, 2.24) is 4.98 Å². The van der Waals surface area contributed by atoms with E-state index in [9.17, 15) is 4.79 Å². The standard InChI is InChI=1S/C19H12Cl2N4O/c20-15-2-1-3-16(21)18(15)24-14-8-9-23-17(10-14)19(26)25-13-6-4-12(11-22)5-7-13/h1-10H,(H,23,24)(H,25,26). The van der Waals surface area contributed by atoms with Gasteiger partial charge in [-0.05, 0) is 48.5 Å². The highest BCUT2D eigenvalue weighted by molar-refractivity contribution is 6.39. The minimum Gasteiger partial charge on any atom is -0.353 e. The Morgan fingerprint density at radius 1 is 1.00 bits per heavy atom. The minimum atomic E-state index is -0.372. The molecule has 2 aromatic carbocycles. The average molecular weight is 383 g/mol. The van der Waals surface area contributed by atoms with E-state index >= 15 is 0 Å². The molecule has 0 radical (unpaired) electrons. The highest BCUT2D eigenvalue weighted by Gasteiger charge is 2.11. The Hall–Kier alpha value is -3.07. The molecule has 0 atom stereocenters. The van der Waals surface area contributed by atoms with E-state index in [4.69, 9.17) is 28.5 Å². The molecule has 7 heteroatoms. The molecule has 0 aliphatic heterocycles. The molecule has 3 rings (SSSR count). The molecule has 128 valence electrons. The minimum absolute atomic E-state index is 0.225. The number of aromatic nitrogens is 1. The van der Waals surface area contributed by atoms with Crippen LogP contribution in [-0.4, -0.2) is 10.9 Å². The lowest BCUT2D eigenvalue weighted by molar-refractivity contribution is 0.102. The molecule has 1 aromatic heterocycles. The van der Waals surface area contributed by atoms with Crippen LogP contribution in [0.3, 0.4) is 0 Å². The van der Waals surface area contributed by atoms with Gasteiger partial charge in [-0.25, -0.2) is 0 Å². The van der Waals surface area contributed by atoms with Crippen molar-refractivity contribution in [3.05, 3.63) is 82.1 Å². The first-order valence-corrected chi connectivity index (χ1v) is 8.31. The number of nitrogens with zero attached hydrogens (tertiary/aromatic N) is 2. The van der Waals surface area contributed by atoms with Crippen molar-refractivity contribution in [3.63, 3.8) is 0 Å². The van der Waals surface area contributed by atoms with Crippen molar-refractivity contribution in [3.8, 4) is 6.07 Å². The van der Waals surface area contributed by atoms with Crippen LogP contribution in [0.2, 0.25) is 10.0 Å². The summed E-state index contributed by atoms with van der Waals surface area (Å²) in [5.41, 5.74) is 2.50. The lowest BCUT2D eigenvalue weighted by Crippen LogP contribution is -2.13. The van der Waals surface area contributed by atoms with E-state index < -0.39 is 0 Å². The van der Waals surface area contributed by atoms with Gasteiger partial charge in [-0.2, -0.15) is 5.26 Å². The van der Waals surface area contributed by atoms with Gasteiger partial charge in [-0.3, -0.25) is 9.78 Å². The van der Waals surface area contributed by atoms with E-state index in [0.29, 0.717) is 32.7 Å². The summed E-state index contributed by atoms with van der Waals surface area (Å²) in [5, 5.41) is 15.6. The van der Waals surface area contributed by atoms with Crippen molar-refractivity contribution in [2.24, 2.45) is 0 Å². The van der Waals surface area contributed by atoms with Crippen molar-refractivity contribution in [1.29, 1.82) is 5.26 Å². The third-order valence-electron chi connectivity index (χ3n) is 3.50. The summed E-state index contributed by atoms with van der Waals surface area (Å²) in [6, 6.07) is 17.1. The smallest absolute Gasteiger partial charge is 0.274 e. The van der Waals surface area contributed by atoms with Gasteiger partial charge in [0.25, 0.3) is 5.91 Å². The van der Waals surface area contributed by atoms with E-state index in [2.05, 4.69) is 15.6 Å². The first-order chi connectivity index (χ1) is 12.6. The summed E-state index contributed by atoms with van der Waals surface area (Å²) in [6.07, 6.45) is 1.51. The molecule has 0 spiro atoms. The van der Waals surface area contributed by atoms with Gasteiger partial charge in [0.2, 0.25) is 0 Å². The van der Waals surface area contributed by atoms with Crippen LogP contribution in [0.4, 0.5) is 17.1 Å². The summed E-state index contributed by atoms with van der Waals surface area (Å²) >= 11 is 12.3. The molecular weight excluding hydrogens is 371 g/mol. The normalized spacial score (nSPS) is 10.0. The van der Waals surface area contributed by atoms with Gasteiger partial charge in [0.05, 0.1) is 27.4 Å². The highest BCUT2D eigenvalue weighted by atomic mass is 35.5. The fourth-order valence-electron chi connectivity index (χ4n) is 2.22. The fourth-order valence-corrected chi connectivity index (χ4v) is 2.71. The number of anilines is 3. The first kappa shape index (κ1) is 17.7. The molecule has 1 heterocycles. The summed E-state index contributed by atoms with van der Waals surface area (Å²) in [4.78, 5) is 16.5. The van der Waals surface area contributed by atoms with Crippen molar-refractivity contribution in [2.75, 3.05) is 10.6 Å². The third-order valence-corrected chi connectivity index (χ3v) is 4.13. The van der Waals surface area contributed by atoms with Crippen LogP contribution in [0.25, 0.3) is 0 Å². The largest absolute Gasteiger partial charge is 0.353 e. The molecule has 0 saturated heterocycles. The number of pyridine rings is 1. The SMILES string of the molecule is N#Cc1ccc(NC(=O)c2cc(Nc3c(Cl)cccc3Cl)ccn2)cc1. The molecule has 3 aromatic rings. The summed E-state index contributed by atoms with van der Waals surface area (Å²) < 4.78 is 0. The zero-order chi connectivity index (χ0) is 18.5. The predicted molar refractivity (Wildman–Crippen MR) is 103 cm³/mol. The van der Waals surface area contributed by atoms with Gasteiger partial charge < -0.3 is 10.6 Å². The number of para-hydroxylation sites is 1. The lowest BCUT2D eigenvalue weighted by Gasteiger charge is -2.11. The number of carbonyl (C=O) groups excluding carboxylic acids is 1. The second kappa shape index (κ2) is 7.87. The number of benzene rings is 2. The van der Waals surface area contributed by atoms with Gasteiger partial charge >= 0.3 is 0 Å². The zero-order valence-corrected chi connectivity index (χ0v) is 14.8. The van der Waals surface area contributed by atoms with Crippen LogP contribution >= 0.6 is 23.2 Å². The molecule has 0 aliphatic rings. The maximum absolute atomic E-state index is 12.4. The number of nitrogens with one attached hydrogen (secondary N) is 2. The maximum Gasteiger partial charge on any atom is 0.274 e. The van der Waals surface area contributed by atoms with Crippen molar-refractivity contribution < 1.29 is 4.79 Å². The first-order valence-electron chi connectivity index (χ1n) is 7.55. The second-order valence-electron chi connectivity index (χ2n) is 5.29. The van der Waals surface area contributed by atoms with E-state index in [-0.39, 0.29) is 11.6 Å². The number of nitriles is 1. The summed E-state index contributed by atoms with van der Waals surface area (Å²) in [6.45, 7) is 0. The van der Waals surface area contributed by atoms with Crippen LogP contribution in [0.15, 0.2) is 60.8 Å². The van der Waals surface area contributed by atoms with Gasteiger partial charge in [0.1, 0.15) is 5.69 Å². The Morgan fingerprint density at radius 3 is 2.35 bits per heavy atom. The number of hydrogen-bond donors (Lipinski definition) is 2. The fraction of sp³-hybridized carbons (Fsp3) is 0. The molecule has 2 N–H and O–H groups in total. The predicted octanol–water partition coefficient (Wildman–Crippen LogP) is 5.26. The van der Waals surface area contributed by atoms with Crippen LogP contribution in [0, 0.1) is 11.3 Å². The van der Waals surface area contributed by atoms with E-state index in [1.165, 1.54) is 6.20 Å². The molecule has 0 unspecified atom stereocenters. The van der Waals surface area contributed by atoms with Gasteiger partial charge in [-0.15, -0.1) is 0 Å². The van der Waals surface area contributed by atoms with E-state index in [0.717, 1.165) is 0 Å². The molecule has 1 amide bonds. The Labute approximate surface area is 160 Å². The van der Waals surface area contributed by atoms with Gasteiger partial charge in [0, 0.05) is 17.6 Å². The van der Waals surface area contributed by atoms with Crippen molar-refractivity contribution >= 4 is 46.2 Å². The Morgan fingerprint density at radius 2 is 1.69 bits per heavy atom. The highest BCUT2D eigenvalue weighted by Crippen LogP contribution is 2.32. The quantitative estimate of drug-likeness (QED) is 0.645. The van der Waals surface area contributed by atoms with E-state index in [1.807, 2.05) is 6.07 Å². The zero-order valence-electron chi connectivity index (χ0n) is 13.3. The second-order valence-corrected chi connectivity index (χ2v) is 6.11. The Balaban J connectivity index is 1.78. The molecule has 0 bridgehead atoms. The summed E-state index contributed by atoms with van der Waals surface area (Å²) in [7, 11) is 0. The number of hydrogen-bond acceptors (Lipinski definition) is 4. The van der Waals surface area contributed by atoms with Gasteiger partial charge in [-0.1, -0.05) is 29.3 Å².